The van der Waals surface area contributed by atoms with E-state index in [1.54, 1.807) is 12.1 Å². The molecule has 1 unspecified atom stereocenters. The molecule has 0 aliphatic rings. The van der Waals surface area contributed by atoms with Gasteiger partial charge in [0.2, 0.25) is 0 Å². The quantitative estimate of drug-likeness (QED) is 0.756. The summed E-state index contributed by atoms with van der Waals surface area (Å²) in [5.74, 6) is 0.0933. The third-order valence-corrected chi connectivity index (χ3v) is 2.52. The summed E-state index contributed by atoms with van der Waals surface area (Å²) in [6.45, 7) is 4.45. The van der Waals surface area contributed by atoms with Gasteiger partial charge >= 0.3 is 0 Å². The van der Waals surface area contributed by atoms with E-state index >= 15 is 0 Å². The molecule has 0 saturated heterocycles. The van der Waals surface area contributed by atoms with Crippen molar-refractivity contribution in [2.24, 2.45) is 0 Å². The smallest absolute Gasteiger partial charge is 0.165 e. The summed E-state index contributed by atoms with van der Waals surface area (Å²) in [5, 5.41) is 0.631. The van der Waals surface area contributed by atoms with Crippen LogP contribution in [0.3, 0.4) is 0 Å². The fourth-order valence-corrected chi connectivity index (χ4v) is 1.66. The largest absolute Gasteiger partial charge is 0.366 e. The maximum Gasteiger partial charge on any atom is 0.165 e. The van der Waals surface area contributed by atoms with Crippen molar-refractivity contribution in [1.29, 1.82) is 0 Å². The molecule has 2 nitrogen and oxygen atoms in total. The Bertz CT molecular complexity index is 350. The zero-order valence-corrected chi connectivity index (χ0v) is 10.5. The lowest BCUT2D eigenvalue weighted by Crippen LogP contribution is -2.15. The van der Waals surface area contributed by atoms with Crippen LogP contribution in [0.25, 0.3) is 0 Å². The van der Waals surface area contributed by atoms with Crippen LogP contribution >= 0.6 is 11.6 Å². The molecule has 1 atom stereocenters. The van der Waals surface area contributed by atoms with Gasteiger partial charge in [-0.2, -0.15) is 0 Å². The number of halogens is 1. The predicted molar refractivity (Wildman–Crippen MR) is 65.7 cm³/mol. The van der Waals surface area contributed by atoms with E-state index < -0.39 is 6.10 Å². The van der Waals surface area contributed by atoms with Crippen LogP contribution in [0.15, 0.2) is 24.3 Å². The van der Waals surface area contributed by atoms with Gasteiger partial charge in [-0.05, 0) is 24.1 Å². The minimum Gasteiger partial charge on any atom is -0.366 e. The molecule has 0 spiro atoms. The molecular formula is C13H17ClO2. The minimum absolute atomic E-state index is 0.0933. The molecule has 0 radical (unpaired) electrons. The maximum absolute atomic E-state index is 11.8. The van der Waals surface area contributed by atoms with Gasteiger partial charge in [0.1, 0.15) is 6.10 Å². The zero-order valence-electron chi connectivity index (χ0n) is 9.70. The second kappa shape index (κ2) is 6.66. The number of benzene rings is 1. The van der Waals surface area contributed by atoms with Gasteiger partial charge < -0.3 is 4.74 Å². The van der Waals surface area contributed by atoms with Crippen molar-refractivity contribution in [3.63, 3.8) is 0 Å². The molecule has 0 heterocycles. The van der Waals surface area contributed by atoms with Gasteiger partial charge in [-0.3, -0.25) is 4.79 Å². The van der Waals surface area contributed by atoms with E-state index in [2.05, 4.69) is 0 Å². The van der Waals surface area contributed by atoms with Gasteiger partial charge in [-0.1, -0.05) is 37.6 Å². The molecular weight excluding hydrogens is 224 g/mol. The molecule has 3 heteroatoms. The Morgan fingerprint density at radius 3 is 2.75 bits per heavy atom. The third kappa shape index (κ3) is 3.62. The van der Waals surface area contributed by atoms with Crippen molar-refractivity contribution in [1.82, 2.24) is 0 Å². The Morgan fingerprint density at radius 2 is 2.19 bits per heavy atom. The lowest BCUT2D eigenvalue weighted by molar-refractivity contribution is -0.130. The van der Waals surface area contributed by atoms with Crippen molar-refractivity contribution in [2.45, 2.75) is 32.8 Å². The summed E-state index contributed by atoms with van der Waals surface area (Å²) in [5.41, 5.74) is 0.841. The number of ether oxygens (including phenoxy) is 1. The highest BCUT2D eigenvalue weighted by atomic mass is 35.5. The molecule has 1 aromatic rings. The van der Waals surface area contributed by atoms with Crippen LogP contribution < -0.4 is 0 Å². The third-order valence-electron chi connectivity index (χ3n) is 2.28. The van der Waals surface area contributed by atoms with E-state index in [9.17, 15) is 4.79 Å². The Labute approximate surface area is 102 Å². The molecule has 0 fully saturated rings. The van der Waals surface area contributed by atoms with Gasteiger partial charge in [0.25, 0.3) is 0 Å². The van der Waals surface area contributed by atoms with Gasteiger partial charge in [0.05, 0.1) is 0 Å². The van der Waals surface area contributed by atoms with Gasteiger partial charge in [0.15, 0.2) is 5.78 Å². The zero-order chi connectivity index (χ0) is 12.0. The van der Waals surface area contributed by atoms with E-state index in [1.807, 2.05) is 26.0 Å². The Kier molecular flexibility index (Phi) is 5.50. The van der Waals surface area contributed by atoms with Crippen molar-refractivity contribution in [2.75, 3.05) is 6.61 Å². The standard InChI is InChI=1S/C13H17ClO2/c1-3-8-16-13(12(15)4-2)10-6-5-7-11(14)9-10/h5-7,9,13H,3-4,8H2,1-2H3. The summed E-state index contributed by atoms with van der Waals surface area (Å²) in [6.07, 6.45) is 0.901. The van der Waals surface area contributed by atoms with Crippen molar-refractivity contribution in [3.05, 3.63) is 34.9 Å². The van der Waals surface area contributed by atoms with Crippen LogP contribution in [0, 0.1) is 0 Å². The number of hydrogen-bond donors (Lipinski definition) is 0. The fraction of sp³-hybridized carbons (Fsp3) is 0.462. The Balaban J connectivity index is 2.87. The summed E-state index contributed by atoms with van der Waals surface area (Å²) < 4.78 is 5.58. The van der Waals surface area contributed by atoms with Crippen LogP contribution in [-0.4, -0.2) is 12.4 Å². The number of ketones is 1. The number of rotatable bonds is 6. The number of hydrogen-bond acceptors (Lipinski definition) is 2. The van der Waals surface area contributed by atoms with Gasteiger partial charge in [-0.25, -0.2) is 0 Å². The first-order valence-corrected chi connectivity index (χ1v) is 5.96. The topological polar surface area (TPSA) is 26.3 Å². The minimum atomic E-state index is -0.469. The molecule has 88 valence electrons. The second-order valence-electron chi connectivity index (χ2n) is 3.63. The van der Waals surface area contributed by atoms with E-state index in [-0.39, 0.29) is 5.78 Å². The SMILES string of the molecule is CCCOC(C(=O)CC)c1cccc(Cl)c1. The molecule has 0 bridgehead atoms. The molecule has 0 aliphatic heterocycles. The molecule has 0 N–H and O–H groups in total. The average Bonchev–Trinajstić information content (AvgIpc) is 2.29. The van der Waals surface area contributed by atoms with E-state index in [1.165, 1.54) is 0 Å². The average molecular weight is 241 g/mol. The van der Waals surface area contributed by atoms with Crippen LogP contribution in [0.2, 0.25) is 5.02 Å². The first-order valence-electron chi connectivity index (χ1n) is 5.58. The molecule has 1 aromatic carbocycles. The Hall–Kier alpha value is -0.860. The van der Waals surface area contributed by atoms with Crippen LogP contribution in [0.4, 0.5) is 0 Å². The van der Waals surface area contributed by atoms with Gasteiger partial charge in [-0.15, -0.1) is 0 Å². The van der Waals surface area contributed by atoms with Crippen molar-refractivity contribution < 1.29 is 9.53 Å². The van der Waals surface area contributed by atoms with Crippen LogP contribution in [0.1, 0.15) is 38.4 Å². The first-order chi connectivity index (χ1) is 7.69. The molecule has 0 aromatic heterocycles. The second-order valence-corrected chi connectivity index (χ2v) is 4.06. The van der Waals surface area contributed by atoms with Gasteiger partial charge in [0, 0.05) is 18.1 Å². The van der Waals surface area contributed by atoms with Crippen molar-refractivity contribution in [3.8, 4) is 0 Å². The summed E-state index contributed by atoms with van der Waals surface area (Å²) >= 11 is 5.90. The molecule has 0 aliphatic carbocycles. The summed E-state index contributed by atoms with van der Waals surface area (Å²) in [6, 6.07) is 7.29. The van der Waals surface area contributed by atoms with Crippen LogP contribution in [-0.2, 0) is 9.53 Å². The highest BCUT2D eigenvalue weighted by molar-refractivity contribution is 6.30. The van der Waals surface area contributed by atoms with E-state index in [0.717, 1.165) is 12.0 Å². The molecule has 1 rings (SSSR count). The Morgan fingerprint density at radius 1 is 1.44 bits per heavy atom. The van der Waals surface area contributed by atoms with E-state index in [0.29, 0.717) is 18.1 Å². The highest BCUT2D eigenvalue weighted by Gasteiger charge is 2.19. The number of carbonyl (C=O) groups excluding carboxylic acids is 1. The lowest BCUT2D eigenvalue weighted by atomic mass is 10.0. The van der Waals surface area contributed by atoms with Crippen molar-refractivity contribution >= 4 is 17.4 Å². The number of carbonyl (C=O) groups is 1. The normalized spacial score (nSPS) is 12.4. The lowest BCUT2D eigenvalue weighted by Gasteiger charge is -2.16. The molecule has 0 saturated carbocycles. The monoisotopic (exact) mass is 240 g/mol. The maximum atomic E-state index is 11.8. The van der Waals surface area contributed by atoms with E-state index in [4.69, 9.17) is 16.3 Å². The summed E-state index contributed by atoms with van der Waals surface area (Å²) in [4.78, 5) is 11.8. The molecule has 16 heavy (non-hydrogen) atoms. The number of Topliss-reactive ketones (excluding diaryl/α,β-unsaturated/α-hetero) is 1. The predicted octanol–water partition coefficient (Wildman–Crippen LogP) is 3.79. The van der Waals surface area contributed by atoms with Crippen LogP contribution in [0.5, 0.6) is 0 Å². The first kappa shape index (κ1) is 13.2. The highest BCUT2D eigenvalue weighted by Crippen LogP contribution is 2.23. The fourth-order valence-electron chi connectivity index (χ4n) is 1.47. The molecule has 0 amide bonds. The summed E-state index contributed by atoms with van der Waals surface area (Å²) in [7, 11) is 0.